The number of allylic oxidation sites excluding steroid dienone is 1. The number of nitrogens with zero attached hydrogens (tertiary/aromatic N) is 2. The largest absolute Gasteiger partial charge is 0.383 e. The van der Waals surface area contributed by atoms with E-state index >= 15 is 0 Å². The van der Waals surface area contributed by atoms with Gasteiger partial charge in [0, 0.05) is 13.1 Å². The van der Waals surface area contributed by atoms with Crippen molar-refractivity contribution < 1.29 is 4.79 Å². The van der Waals surface area contributed by atoms with Gasteiger partial charge in [-0.3, -0.25) is 19.1 Å². The molecule has 0 aliphatic heterocycles. The molecule has 1 amide bonds. The van der Waals surface area contributed by atoms with Crippen LogP contribution in [0.25, 0.3) is 0 Å². The summed E-state index contributed by atoms with van der Waals surface area (Å²) in [5, 5.41) is 2.93. The molecule has 8 heteroatoms. The molecule has 0 saturated heterocycles. The number of anilines is 2. The van der Waals surface area contributed by atoms with Gasteiger partial charge >= 0.3 is 5.69 Å². The van der Waals surface area contributed by atoms with Crippen molar-refractivity contribution in [2.75, 3.05) is 23.7 Å². The molecule has 8 nitrogen and oxygen atoms in total. The highest BCUT2D eigenvalue weighted by Gasteiger charge is 2.22. The van der Waals surface area contributed by atoms with Crippen molar-refractivity contribution in [2.24, 2.45) is 0 Å². The van der Waals surface area contributed by atoms with Crippen LogP contribution in [-0.4, -0.2) is 28.5 Å². The zero-order valence-electron chi connectivity index (χ0n) is 20.4. The molecule has 4 rings (SSSR count). The van der Waals surface area contributed by atoms with Crippen molar-refractivity contribution in [2.45, 2.75) is 45.2 Å². The van der Waals surface area contributed by atoms with Crippen LogP contribution < -0.4 is 27.2 Å². The third-order valence-electron chi connectivity index (χ3n) is 6.47. The summed E-state index contributed by atoms with van der Waals surface area (Å²) in [4.78, 5) is 42.7. The molecule has 3 aromatic rings. The Hall–Kier alpha value is -4.07. The zero-order chi connectivity index (χ0) is 25.3. The van der Waals surface area contributed by atoms with Crippen molar-refractivity contribution in [3.05, 3.63) is 104 Å². The molecule has 1 aliphatic rings. The summed E-state index contributed by atoms with van der Waals surface area (Å²) in [6.45, 7) is 1.00. The molecule has 0 spiro atoms. The van der Waals surface area contributed by atoms with Crippen molar-refractivity contribution in [3.8, 4) is 0 Å². The number of carbonyl (C=O) groups excluding carboxylic acids is 1. The van der Waals surface area contributed by atoms with E-state index in [0.29, 0.717) is 13.1 Å². The minimum Gasteiger partial charge on any atom is -0.383 e. The van der Waals surface area contributed by atoms with Crippen molar-refractivity contribution in [3.63, 3.8) is 0 Å². The highest BCUT2D eigenvalue weighted by atomic mass is 16.2. The van der Waals surface area contributed by atoms with Crippen LogP contribution in [0.15, 0.2) is 81.9 Å². The van der Waals surface area contributed by atoms with Gasteiger partial charge in [0.05, 0.1) is 13.1 Å². The summed E-state index contributed by atoms with van der Waals surface area (Å²) in [6.07, 6.45) is 7.38. The van der Waals surface area contributed by atoms with E-state index in [0.717, 1.165) is 36.8 Å². The van der Waals surface area contributed by atoms with Gasteiger partial charge in [-0.15, -0.1) is 0 Å². The predicted octanol–water partition coefficient (Wildman–Crippen LogP) is 3.18. The van der Waals surface area contributed by atoms with Gasteiger partial charge in [0.1, 0.15) is 11.5 Å². The molecule has 1 aromatic heterocycles. The number of carbonyl (C=O) groups is 1. The van der Waals surface area contributed by atoms with E-state index in [1.54, 1.807) is 4.90 Å². The quantitative estimate of drug-likeness (QED) is 0.380. The first-order valence-electron chi connectivity index (χ1n) is 12.4. The monoisotopic (exact) mass is 487 g/mol. The third kappa shape index (κ3) is 6.53. The number of nitrogen functional groups attached to an aromatic ring is 1. The second kappa shape index (κ2) is 12.1. The smallest absolute Gasteiger partial charge is 0.330 e. The second-order valence-electron chi connectivity index (χ2n) is 9.11. The number of benzene rings is 2. The van der Waals surface area contributed by atoms with E-state index in [-0.39, 0.29) is 30.5 Å². The first-order valence-corrected chi connectivity index (χ1v) is 12.4. The van der Waals surface area contributed by atoms with E-state index < -0.39 is 11.2 Å². The van der Waals surface area contributed by atoms with Crippen molar-refractivity contribution in [1.29, 1.82) is 0 Å². The number of hydrogen-bond acceptors (Lipinski definition) is 5. The Morgan fingerprint density at radius 3 is 2.36 bits per heavy atom. The number of nitrogens with one attached hydrogen (secondary N) is 2. The second-order valence-corrected chi connectivity index (χ2v) is 9.11. The van der Waals surface area contributed by atoms with E-state index in [9.17, 15) is 14.4 Å². The highest BCUT2D eigenvalue weighted by molar-refractivity contribution is 5.82. The fourth-order valence-corrected chi connectivity index (χ4v) is 4.51. The molecule has 0 radical (unpaired) electrons. The maximum Gasteiger partial charge on any atom is 0.330 e. The van der Waals surface area contributed by atoms with Crippen LogP contribution >= 0.6 is 0 Å². The van der Waals surface area contributed by atoms with Crippen LogP contribution in [0.4, 0.5) is 11.5 Å². The van der Waals surface area contributed by atoms with Crippen molar-refractivity contribution >= 4 is 17.4 Å². The lowest BCUT2D eigenvalue weighted by Gasteiger charge is -2.27. The Morgan fingerprint density at radius 1 is 1.00 bits per heavy atom. The summed E-state index contributed by atoms with van der Waals surface area (Å²) in [5.74, 6) is -0.169. The lowest BCUT2D eigenvalue weighted by atomic mass is 9.97. The fourth-order valence-electron chi connectivity index (χ4n) is 4.51. The first-order chi connectivity index (χ1) is 17.5. The number of aromatic nitrogens is 2. The maximum atomic E-state index is 13.0. The zero-order valence-corrected chi connectivity index (χ0v) is 20.4. The Labute approximate surface area is 210 Å². The molecular formula is C28H33N5O3. The van der Waals surface area contributed by atoms with E-state index in [4.69, 9.17) is 5.73 Å². The third-order valence-corrected chi connectivity index (χ3v) is 6.47. The van der Waals surface area contributed by atoms with Crippen LogP contribution in [-0.2, 0) is 17.9 Å². The van der Waals surface area contributed by atoms with Gasteiger partial charge in [-0.25, -0.2) is 4.79 Å². The lowest BCUT2D eigenvalue weighted by Crippen LogP contribution is -2.43. The molecule has 1 aliphatic carbocycles. The fraction of sp³-hybridized carbons (Fsp3) is 0.321. The predicted molar refractivity (Wildman–Crippen MR) is 143 cm³/mol. The highest BCUT2D eigenvalue weighted by Crippen LogP contribution is 2.23. The van der Waals surface area contributed by atoms with Gasteiger partial charge in [0.15, 0.2) is 0 Å². The number of aromatic amines is 1. The van der Waals surface area contributed by atoms with E-state index in [1.807, 2.05) is 60.7 Å². The molecule has 36 heavy (non-hydrogen) atoms. The molecule has 0 fully saturated rings. The Morgan fingerprint density at radius 2 is 1.69 bits per heavy atom. The van der Waals surface area contributed by atoms with Crippen LogP contribution in [0, 0.1) is 0 Å². The van der Waals surface area contributed by atoms with Gasteiger partial charge in [0.2, 0.25) is 5.91 Å². The summed E-state index contributed by atoms with van der Waals surface area (Å²) in [6, 6.07) is 19.1. The number of nitrogens with two attached hydrogens (primary N) is 1. The molecular weight excluding hydrogens is 454 g/mol. The molecule has 0 atom stereocenters. The molecule has 0 saturated carbocycles. The number of rotatable bonds is 10. The molecule has 1 heterocycles. The average molecular weight is 488 g/mol. The topological polar surface area (TPSA) is 113 Å². The molecule has 0 unspecified atom stereocenters. The molecule has 4 N–H and O–H groups in total. The number of hydrogen-bond donors (Lipinski definition) is 3. The van der Waals surface area contributed by atoms with Gasteiger partial charge in [-0.2, -0.15) is 0 Å². The summed E-state index contributed by atoms with van der Waals surface area (Å²) in [5.41, 5.74) is 8.61. The Kier molecular flexibility index (Phi) is 8.39. The van der Waals surface area contributed by atoms with Gasteiger partial charge in [-0.05, 0) is 43.2 Å². The van der Waals surface area contributed by atoms with Crippen LogP contribution in [0.2, 0.25) is 0 Å². The SMILES string of the molecule is Nc1c(N(CCC2=CCCCC2)CC(=O)NCc2ccccc2)c(=O)[nH]c(=O)n1Cc1ccccc1. The standard InChI is InChI=1S/C28H33N5O3/c29-26-25(27(35)31-28(36)33(26)19-23-14-8-3-9-15-23)32(17-16-21-10-4-1-5-11-21)20-24(34)30-18-22-12-6-2-7-13-22/h2-3,6-10,12-15H,1,4-5,11,16-20,29H2,(H,30,34)(H,31,35,36). The van der Waals surface area contributed by atoms with Crippen LogP contribution in [0.5, 0.6) is 0 Å². The molecule has 0 bridgehead atoms. The van der Waals surface area contributed by atoms with Gasteiger partial charge in [-0.1, -0.05) is 72.3 Å². The van der Waals surface area contributed by atoms with E-state index in [1.165, 1.54) is 16.6 Å². The van der Waals surface area contributed by atoms with Gasteiger partial charge < -0.3 is 16.0 Å². The normalized spacial score (nSPS) is 13.2. The number of amides is 1. The minimum atomic E-state index is -0.588. The molecule has 2 aromatic carbocycles. The maximum absolute atomic E-state index is 13.0. The summed E-state index contributed by atoms with van der Waals surface area (Å²) in [7, 11) is 0. The lowest BCUT2D eigenvalue weighted by molar-refractivity contribution is -0.119. The van der Waals surface area contributed by atoms with Crippen molar-refractivity contribution in [1.82, 2.24) is 14.9 Å². The molecule has 188 valence electrons. The average Bonchev–Trinajstić information content (AvgIpc) is 2.90. The van der Waals surface area contributed by atoms with Crippen LogP contribution in [0.3, 0.4) is 0 Å². The Bertz CT molecular complexity index is 1310. The van der Waals surface area contributed by atoms with Gasteiger partial charge in [0.25, 0.3) is 5.56 Å². The summed E-state index contributed by atoms with van der Waals surface area (Å²) >= 11 is 0. The van der Waals surface area contributed by atoms with E-state index in [2.05, 4.69) is 16.4 Å². The van der Waals surface area contributed by atoms with Crippen LogP contribution in [0.1, 0.15) is 43.2 Å². The minimum absolute atomic E-state index is 0.0447. The summed E-state index contributed by atoms with van der Waals surface area (Å²) < 4.78 is 1.35. The number of H-pyrrole nitrogens is 1. The Balaban J connectivity index is 1.60. The first kappa shape index (κ1) is 25.0.